The summed E-state index contributed by atoms with van der Waals surface area (Å²) in [5.74, 6) is 0.917. The van der Waals surface area contributed by atoms with E-state index < -0.39 is 0 Å². The molecule has 0 bridgehead atoms. The number of rotatable bonds is 3. The van der Waals surface area contributed by atoms with Crippen molar-refractivity contribution in [3.8, 4) is 11.3 Å². The molecule has 27 heavy (non-hydrogen) atoms. The molecule has 0 N–H and O–H groups in total. The monoisotopic (exact) mass is 346 g/mol. The Morgan fingerprint density at radius 3 is 2.15 bits per heavy atom. The van der Waals surface area contributed by atoms with Gasteiger partial charge in [0.15, 0.2) is 0 Å². The smallest absolute Gasteiger partial charge is 0.143 e. The highest BCUT2D eigenvalue weighted by Crippen LogP contribution is 2.38. The minimum Gasteiger partial charge on any atom is -0.455 e. The molecule has 0 aliphatic rings. The lowest BCUT2D eigenvalue weighted by Gasteiger charge is -2.05. The molecule has 0 unspecified atom stereocenters. The van der Waals surface area contributed by atoms with Gasteiger partial charge in [-0.25, -0.2) is 0 Å². The minimum absolute atomic E-state index is 0.910. The van der Waals surface area contributed by atoms with Crippen molar-refractivity contribution in [1.82, 2.24) is 0 Å². The highest BCUT2D eigenvalue weighted by atomic mass is 16.3. The van der Waals surface area contributed by atoms with Gasteiger partial charge in [0.25, 0.3) is 0 Å². The molecule has 0 aliphatic carbocycles. The molecular weight excluding hydrogens is 328 g/mol. The molecule has 128 valence electrons. The Kier molecular flexibility index (Phi) is 3.84. The molecule has 5 rings (SSSR count). The molecule has 0 saturated carbocycles. The fourth-order valence-corrected chi connectivity index (χ4v) is 3.60. The Morgan fingerprint density at radius 1 is 0.556 bits per heavy atom. The summed E-state index contributed by atoms with van der Waals surface area (Å²) in [7, 11) is 0. The van der Waals surface area contributed by atoms with Gasteiger partial charge >= 0.3 is 0 Å². The SMILES string of the molecule is C(=C\c1c(-c2cccc3ccccc23)oc2ccccc12)/c1ccccc1. The predicted molar refractivity (Wildman–Crippen MR) is 115 cm³/mol. The summed E-state index contributed by atoms with van der Waals surface area (Å²) in [6.07, 6.45) is 4.31. The lowest BCUT2D eigenvalue weighted by Crippen LogP contribution is -1.82. The van der Waals surface area contributed by atoms with Crippen LogP contribution in [-0.2, 0) is 0 Å². The van der Waals surface area contributed by atoms with Crippen molar-refractivity contribution >= 4 is 33.9 Å². The third-order valence-electron chi connectivity index (χ3n) is 4.91. The van der Waals surface area contributed by atoms with Crippen molar-refractivity contribution in [2.75, 3.05) is 0 Å². The van der Waals surface area contributed by atoms with Crippen molar-refractivity contribution in [3.05, 3.63) is 108 Å². The number of hydrogen-bond acceptors (Lipinski definition) is 1. The van der Waals surface area contributed by atoms with E-state index in [1.165, 1.54) is 16.3 Å². The largest absolute Gasteiger partial charge is 0.455 e. The number of benzene rings is 4. The van der Waals surface area contributed by atoms with Gasteiger partial charge < -0.3 is 4.42 Å². The van der Waals surface area contributed by atoms with Crippen LogP contribution in [0.25, 0.3) is 45.2 Å². The fourth-order valence-electron chi connectivity index (χ4n) is 3.60. The molecule has 1 nitrogen and oxygen atoms in total. The van der Waals surface area contributed by atoms with Gasteiger partial charge in [0.05, 0.1) is 0 Å². The van der Waals surface area contributed by atoms with Crippen LogP contribution < -0.4 is 0 Å². The standard InChI is InChI=1S/C26H18O/c1-2-9-19(10-3-1)17-18-24-22-14-6-7-16-25(22)27-26(24)23-15-8-12-20-11-4-5-13-21(20)23/h1-18H/b18-17+. The lowest BCUT2D eigenvalue weighted by atomic mass is 9.99. The van der Waals surface area contributed by atoms with Crippen molar-refractivity contribution in [2.45, 2.75) is 0 Å². The van der Waals surface area contributed by atoms with E-state index in [0.29, 0.717) is 0 Å². The van der Waals surface area contributed by atoms with E-state index >= 15 is 0 Å². The van der Waals surface area contributed by atoms with Gasteiger partial charge in [0.2, 0.25) is 0 Å². The molecular formula is C26H18O. The van der Waals surface area contributed by atoms with Crippen LogP contribution in [0.4, 0.5) is 0 Å². The molecule has 0 spiro atoms. The first-order valence-electron chi connectivity index (χ1n) is 9.13. The van der Waals surface area contributed by atoms with Gasteiger partial charge in [-0.2, -0.15) is 0 Å². The summed E-state index contributed by atoms with van der Waals surface area (Å²) in [5.41, 5.74) is 4.32. The molecule has 1 aromatic heterocycles. The molecule has 0 aliphatic heterocycles. The summed E-state index contributed by atoms with van der Waals surface area (Å²) < 4.78 is 6.33. The van der Waals surface area contributed by atoms with Crippen molar-refractivity contribution in [3.63, 3.8) is 0 Å². The van der Waals surface area contributed by atoms with E-state index in [1.807, 2.05) is 18.2 Å². The van der Waals surface area contributed by atoms with Crippen LogP contribution in [0.2, 0.25) is 0 Å². The number of hydrogen-bond donors (Lipinski definition) is 0. The quantitative estimate of drug-likeness (QED) is 0.331. The Bertz CT molecular complexity index is 1250. The zero-order chi connectivity index (χ0) is 18.1. The summed E-state index contributed by atoms with van der Waals surface area (Å²) in [6, 6.07) is 33.4. The van der Waals surface area contributed by atoms with E-state index in [9.17, 15) is 0 Å². The summed E-state index contributed by atoms with van der Waals surface area (Å²) in [6.45, 7) is 0. The van der Waals surface area contributed by atoms with Gasteiger partial charge in [-0.15, -0.1) is 0 Å². The van der Waals surface area contributed by atoms with Gasteiger partial charge in [-0.3, -0.25) is 0 Å². The van der Waals surface area contributed by atoms with E-state index in [4.69, 9.17) is 4.42 Å². The molecule has 0 amide bonds. The highest BCUT2D eigenvalue weighted by molar-refractivity contribution is 6.03. The zero-order valence-corrected chi connectivity index (χ0v) is 14.8. The van der Waals surface area contributed by atoms with Crippen LogP contribution in [0.3, 0.4) is 0 Å². The maximum Gasteiger partial charge on any atom is 0.143 e. The van der Waals surface area contributed by atoms with Crippen LogP contribution >= 0.6 is 0 Å². The maximum absolute atomic E-state index is 6.33. The number of fused-ring (bicyclic) bond motifs is 2. The second-order valence-electron chi connectivity index (χ2n) is 6.61. The fraction of sp³-hybridized carbons (Fsp3) is 0. The van der Waals surface area contributed by atoms with Gasteiger partial charge in [-0.05, 0) is 28.5 Å². The summed E-state index contributed by atoms with van der Waals surface area (Å²) >= 11 is 0. The average molecular weight is 346 g/mol. The first-order chi connectivity index (χ1) is 13.4. The average Bonchev–Trinajstić information content (AvgIpc) is 3.11. The lowest BCUT2D eigenvalue weighted by molar-refractivity contribution is 0.631. The summed E-state index contributed by atoms with van der Waals surface area (Å²) in [4.78, 5) is 0. The van der Waals surface area contributed by atoms with E-state index in [-0.39, 0.29) is 0 Å². The van der Waals surface area contributed by atoms with E-state index in [0.717, 1.165) is 27.9 Å². The molecule has 0 radical (unpaired) electrons. The van der Waals surface area contributed by atoms with E-state index in [1.54, 1.807) is 0 Å². The van der Waals surface area contributed by atoms with Crippen LogP contribution in [0, 0.1) is 0 Å². The Morgan fingerprint density at radius 2 is 1.26 bits per heavy atom. The van der Waals surface area contributed by atoms with Crippen molar-refractivity contribution in [1.29, 1.82) is 0 Å². The Labute approximate surface area is 158 Å². The first kappa shape index (κ1) is 15.7. The van der Waals surface area contributed by atoms with Gasteiger partial charge in [-0.1, -0.05) is 97.1 Å². The van der Waals surface area contributed by atoms with Gasteiger partial charge in [0, 0.05) is 16.5 Å². The second-order valence-corrected chi connectivity index (χ2v) is 6.61. The molecule has 4 aromatic carbocycles. The predicted octanol–water partition coefficient (Wildman–Crippen LogP) is 7.42. The highest BCUT2D eigenvalue weighted by Gasteiger charge is 2.15. The minimum atomic E-state index is 0.910. The van der Waals surface area contributed by atoms with Gasteiger partial charge in [0.1, 0.15) is 11.3 Å². The third-order valence-corrected chi connectivity index (χ3v) is 4.91. The van der Waals surface area contributed by atoms with E-state index in [2.05, 4.69) is 91.0 Å². The van der Waals surface area contributed by atoms with Crippen LogP contribution in [0.15, 0.2) is 101 Å². The van der Waals surface area contributed by atoms with Crippen molar-refractivity contribution < 1.29 is 4.42 Å². The molecule has 1 heteroatoms. The Balaban J connectivity index is 1.76. The Hall–Kier alpha value is -3.58. The van der Waals surface area contributed by atoms with Crippen LogP contribution in [0.5, 0.6) is 0 Å². The third kappa shape index (κ3) is 2.84. The molecule has 0 fully saturated rings. The van der Waals surface area contributed by atoms with Crippen LogP contribution in [0.1, 0.15) is 11.1 Å². The summed E-state index contributed by atoms with van der Waals surface area (Å²) in [5, 5.41) is 3.55. The maximum atomic E-state index is 6.33. The van der Waals surface area contributed by atoms with Crippen molar-refractivity contribution in [2.24, 2.45) is 0 Å². The zero-order valence-electron chi connectivity index (χ0n) is 14.8. The number of furan rings is 1. The topological polar surface area (TPSA) is 13.1 Å². The van der Waals surface area contributed by atoms with Crippen LogP contribution in [-0.4, -0.2) is 0 Å². The molecule has 1 heterocycles. The molecule has 0 saturated heterocycles. The normalized spacial score (nSPS) is 11.6. The number of para-hydroxylation sites is 1. The second kappa shape index (κ2) is 6.62. The molecule has 5 aromatic rings. The molecule has 0 atom stereocenters. The first-order valence-corrected chi connectivity index (χ1v) is 9.13.